The largest absolute Gasteiger partial charge is 0.419 e. The molecular formula is C21H18F7NO3S. The van der Waals surface area contributed by atoms with Gasteiger partial charge in [0.15, 0.2) is 9.84 Å². The minimum Gasteiger partial charge on any atom is -0.349 e. The molecule has 0 atom stereocenters. The summed E-state index contributed by atoms with van der Waals surface area (Å²) in [6, 6.07) is 4.74. The average molecular weight is 497 g/mol. The van der Waals surface area contributed by atoms with Crippen LogP contribution < -0.4 is 5.32 Å². The molecule has 0 aromatic heterocycles. The van der Waals surface area contributed by atoms with Gasteiger partial charge in [0.05, 0.1) is 21.3 Å². The van der Waals surface area contributed by atoms with Crippen molar-refractivity contribution in [2.75, 3.05) is 0 Å². The molecule has 0 radical (unpaired) electrons. The molecule has 0 saturated heterocycles. The Bertz CT molecular complexity index is 1140. The zero-order chi connectivity index (χ0) is 24.6. The number of amides is 1. The van der Waals surface area contributed by atoms with Gasteiger partial charge >= 0.3 is 12.4 Å². The summed E-state index contributed by atoms with van der Waals surface area (Å²) in [4.78, 5) is 11.9. The van der Waals surface area contributed by atoms with Gasteiger partial charge in [0.25, 0.3) is 5.91 Å². The van der Waals surface area contributed by atoms with Crippen LogP contribution in [0.15, 0.2) is 47.4 Å². The van der Waals surface area contributed by atoms with Crippen molar-refractivity contribution in [1.82, 2.24) is 5.32 Å². The number of benzene rings is 2. The van der Waals surface area contributed by atoms with Crippen molar-refractivity contribution in [1.29, 1.82) is 0 Å². The van der Waals surface area contributed by atoms with Gasteiger partial charge in [-0.3, -0.25) is 4.79 Å². The quantitative estimate of drug-likeness (QED) is 0.578. The normalized spacial score (nSPS) is 19.8. The fourth-order valence-electron chi connectivity index (χ4n) is 3.71. The number of nitrogens with one attached hydrogen (secondary N) is 1. The smallest absolute Gasteiger partial charge is 0.349 e. The van der Waals surface area contributed by atoms with Gasteiger partial charge in [0.1, 0.15) is 5.82 Å². The van der Waals surface area contributed by atoms with Crippen molar-refractivity contribution in [2.24, 2.45) is 0 Å². The van der Waals surface area contributed by atoms with Gasteiger partial charge in [0, 0.05) is 11.6 Å². The third-order valence-electron chi connectivity index (χ3n) is 5.47. The molecule has 3 rings (SSSR count). The van der Waals surface area contributed by atoms with E-state index in [0.717, 1.165) is 24.3 Å². The molecule has 2 aromatic rings. The molecule has 1 fully saturated rings. The summed E-state index contributed by atoms with van der Waals surface area (Å²) in [7, 11) is -4.06. The van der Waals surface area contributed by atoms with E-state index in [1.54, 1.807) is 0 Å². The van der Waals surface area contributed by atoms with Crippen molar-refractivity contribution < 1.29 is 43.9 Å². The second-order valence-electron chi connectivity index (χ2n) is 7.71. The molecular weight excluding hydrogens is 479 g/mol. The first-order valence-corrected chi connectivity index (χ1v) is 11.3. The predicted octanol–water partition coefficient (Wildman–Crippen LogP) is 5.38. The fourth-order valence-corrected chi connectivity index (χ4v) is 5.55. The maximum atomic E-state index is 13.4. The van der Waals surface area contributed by atoms with E-state index in [0.29, 0.717) is 18.2 Å². The highest BCUT2D eigenvalue weighted by Gasteiger charge is 2.37. The summed E-state index contributed by atoms with van der Waals surface area (Å²) in [5, 5.41) is 1.54. The number of carbonyl (C=O) groups excluding carboxylic acids is 1. The first-order chi connectivity index (χ1) is 15.2. The van der Waals surface area contributed by atoms with Crippen LogP contribution in [0.4, 0.5) is 30.7 Å². The van der Waals surface area contributed by atoms with Crippen molar-refractivity contribution in [2.45, 2.75) is 54.2 Å². The lowest BCUT2D eigenvalue weighted by atomic mass is 9.94. The van der Waals surface area contributed by atoms with Crippen LogP contribution in [0.2, 0.25) is 0 Å². The van der Waals surface area contributed by atoms with E-state index in [9.17, 15) is 43.9 Å². The summed E-state index contributed by atoms with van der Waals surface area (Å²) in [6.07, 6.45) is -9.28. The van der Waals surface area contributed by atoms with Crippen molar-refractivity contribution in [3.05, 3.63) is 65.0 Å². The molecule has 12 heteroatoms. The zero-order valence-electron chi connectivity index (χ0n) is 16.8. The highest BCUT2D eigenvalue weighted by atomic mass is 32.2. The van der Waals surface area contributed by atoms with Crippen LogP contribution >= 0.6 is 0 Å². The Morgan fingerprint density at radius 2 is 1.52 bits per heavy atom. The highest BCUT2D eigenvalue weighted by Crippen LogP contribution is 2.34. The van der Waals surface area contributed by atoms with Crippen LogP contribution in [-0.4, -0.2) is 25.6 Å². The lowest BCUT2D eigenvalue weighted by molar-refractivity contribution is -0.140. The molecule has 180 valence electrons. The van der Waals surface area contributed by atoms with Gasteiger partial charge in [0.2, 0.25) is 0 Å². The van der Waals surface area contributed by atoms with Crippen LogP contribution in [-0.2, 0) is 22.2 Å². The van der Waals surface area contributed by atoms with Crippen molar-refractivity contribution >= 4 is 15.7 Å². The number of hydrogen-bond acceptors (Lipinski definition) is 3. The number of hydrogen-bond donors (Lipinski definition) is 1. The van der Waals surface area contributed by atoms with Gasteiger partial charge in [-0.2, -0.15) is 26.3 Å². The lowest BCUT2D eigenvalue weighted by Gasteiger charge is -2.29. The summed E-state index contributed by atoms with van der Waals surface area (Å²) in [6.45, 7) is 0. The van der Waals surface area contributed by atoms with Gasteiger partial charge in [-0.05, 0) is 62.1 Å². The number of halogens is 7. The third-order valence-corrected chi connectivity index (χ3v) is 7.73. The first-order valence-electron chi connectivity index (χ1n) is 9.78. The Morgan fingerprint density at radius 3 is 2.09 bits per heavy atom. The first kappa shape index (κ1) is 25.0. The fraction of sp³-hybridized carbons (Fsp3) is 0.381. The Kier molecular flexibility index (Phi) is 6.79. The Morgan fingerprint density at radius 1 is 0.879 bits per heavy atom. The topological polar surface area (TPSA) is 63.2 Å². The molecule has 2 aromatic carbocycles. The Labute approximate surface area is 184 Å². The van der Waals surface area contributed by atoms with Crippen LogP contribution in [0.5, 0.6) is 0 Å². The summed E-state index contributed by atoms with van der Waals surface area (Å²) >= 11 is 0. The molecule has 1 N–H and O–H groups in total. The molecule has 1 aliphatic rings. The second kappa shape index (κ2) is 8.96. The number of carbonyl (C=O) groups is 1. The molecule has 1 amide bonds. The van der Waals surface area contributed by atoms with Gasteiger partial charge in [-0.1, -0.05) is 6.07 Å². The standard InChI is InChI=1S/C21H18F7NO3S/c22-18-9-4-12(10-17(18)21(26,27)28)19(30)29-14-5-7-15(8-6-14)33(31,32)16-3-1-2-13(11-16)20(23,24)25/h1-4,9-11,14-15H,5-8H2,(H,29,30). The van der Waals surface area contributed by atoms with Crippen molar-refractivity contribution in [3.8, 4) is 0 Å². The molecule has 1 saturated carbocycles. The van der Waals surface area contributed by atoms with Crippen molar-refractivity contribution in [3.63, 3.8) is 0 Å². The molecule has 0 heterocycles. The molecule has 0 bridgehead atoms. The Balaban J connectivity index is 1.66. The molecule has 0 aliphatic heterocycles. The van der Waals surface area contributed by atoms with E-state index in [4.69, 9.17) is 0 Å². The Hall–Kier alpha value is -2.63. The van der Waals surface area contributed by atoms with Gasteiger partial charge in [-0.25, -0.2) is 12.8 Å². The van der Waals surface area contributed by atoms with Crippen LogP contribution in [0.3, 0.4) is 0 Å². The maximum Gasteiger partial charge on any atom is 0.419 e. The summed E-state index contributed by atoms with van der Waals surface area (Å²) in [5.74, 6) is -2.39. The SMILES string of the molecule is O=C(NC1CCC(S(=O)(=O)c2cccc(C(F)(F)F)c2)CC1)c1ccc(F)c(C(F)(F)F)c1. The van der Waals surface area contributed by atoms with Gasteiger partial charge in [-0.15, -0.1) is 0 Å². The maximum absolute atomic E-state index is 13.4. The van der Waals surface area contributed by atoms with E-state index in [1.165, 1.54) is 0 Å². The molecule has 0 unspecified atom stereocenters. The number of alkyl halides is 6. The minimum absolute atomic E-state index is 0.0424. The van der Waals surface area contributed by atoms with E-state index in [-0.39, 0.29) is 25.7 Å². The third kappa shape index (κ3) is 5.66. The average Bonchev–Trinajstić information content (AvgIpc) is 2.73. The van der Waals surface area contributed by atoms with E-state index in [2.05, 4.69) is 5.32 Å². The van der Waals surface area contributed by atoms with Crippen LogP contribution in [0.25, 0.3) is 0 Å². The second-order valence-corrected chi connectivity index (χ2v) is 9.94. The molecule has 1 aliphatic carbocycles. The minimum atomic E-state index is -4.98. The van der Waals surface area contributed by atoms with Gasteiger partial charge < -0.3 is 5.32 Å². The van der Waals surface area contributed by atoms with Crippen LogP contribution in [0.1, 0.15) is 47.2 Å². The number of sulfone groups is 1. The molecule has 0 spiro atoms. The summed E-state index contributed by atoms with van der Waals surface area (Å²) in [5.41, 5.74) is -3.06. The predicted molar refractivity (Wildman–Crippen MR) is 104 cm³/mol. The van der Waals surface area contributed by atoms with E-state index < -0.39 is 66.8 Å². The molecule has 4 nitrogen and oxygen atoms in total. The van der Waals surface area contributed by atoms with Crippen LogP contribution in [0, 0.1) is 5.82 Å². The van der Waals surface area contributed by atoms with E-state index in [1.807, 2.05) is 0 Å². The molecule has 33 heavy (non-hydrogen) atoms. The summed E-state index contributed by atoms with van der Waals surface area (Å²) < 4.78 is 116. The number of rotatable bonds is 4. The lowest BCUT2D eigenvalue weighted by Crippen LogP contribution is -2.40. The zero-order valence-corrected chi connectivity index (χ0v) is 17.6. The monoisotopic (exact) mass is 497 g/mol. The van der Waals surface area contributed by atoms with E-state index >= 15 is 0 Å². The highest BCUT2D eigenvalue weighted by molar-refractivity contribution is 7.92.